The molecule has 1 fully saturated rings. The summed E-state index contributed by atoms with van der Waals surface area (Å²) in [6.45, 7) is 3.10. The van der Waals surface area contributed by atoms with E-state index in [2.05, 4.69) is 6.92 Å². The van der Waals surface area contributed by atoms with Gasteiger partial charge < -0.3 is 9.32 Å². The van der Waals surface area contributed by atoms with E-state index in [0.29, 0.717) is 12.5 Å². The second kappa shape index (κ2) is 5.19. The van der Waals surface area contributed by atoms with Crippen LogP contribution in [0.15, 0.2) is 22.8 Å². The predicted octanol–water partition coefficient (Wildman–Crippen LogP) is 2.61. The second-order valence-electron chi connectivity index (χ2n) is 4.37. The number of carbonyl (C=O) groups is 1. The summed E-state index contributed by atoms with van der Waals surface area (Å²) < 4.78 is 5.23. The molecule has 1 saturated heterocycles. The first-order chi connectivity index (χ1) is 7.81. The highest BCUT2D eigenvalue weighted by molar-refractivity contribution is 5.77. The van der Waals surface area contributed by atoms with Crippen LogP contribution in [0.25, 0.3) is 0 Å². The molecule has 1 aromatic heterocycles. The van der Waals surface area contributed by atoms with Gasteiger partial charge in [0.15, 0.2) is 0 Å². The first kappa shape index (κ1) is 11.2. The summed E-state index contributed by atoms with van der Waals surface area (Å²) in [5, 5.41) is 0. The number of aryl methyl sites for hydroxylation is 1. The highest BCUT2D eigenvalue weighted by atomic mass is 16.3. The molecule has 16 heavy (non-hydrogen) atoms. The van der Waals surface area contributed by atoms with Crippen LogP contribution in [0.2, 0.25) is 0 Å². The normalized spacial score (nSPS) is 20.3. The summed E-state index contributed by atoms with van der Waals surface area (Å²) >= 11 is 0. The van der Waals surface area contributed by atoms with Crippen molar-refractivity contribution in [2.24, 2.45) is 0 Å². The van der Waals surface area contributed by atoms with Gasteiger partial charge in [0.1, 0.15) is 5.76 Å². The van der Waals surface area contributed by atoms with E-state index in [1.807, 2.05) is 17.0 Å². The van der Waals surface area contributed by atoms with E-state index in [0.717, 1.165) is 31.6 Å². The maximum Gasteiger partial charge on any atom is 0.223 e. The quantitative estimate of drug-likeness (QED) is 0.783. The van der Waals surface area contributed by atoms with Crippen molar-refractivity contribution in [2.75, 3.05) is 6.54 Å². The minimum atomic E-state index is 0.278. The Hall–Kier alpha value is -1.25. The summed E-state index contributed by atoms with van der Waals surface area (Å²) in [5.74, 6) is 1.18. The maximum absolute atomic E-state index is 12.0. The van der Waals surface area contributed by atoms with Crippen molar-refractivity contribution in [3.05, 3.63) is 24.2 Å². The lowest BCUT2D eigenvalue weighted by Crippen LogP contribution is -2.35. The van der Waals surface area contributed by atoms with Gasteiger partial charge in [-0.2, -0.15) is 0 Å². The molecule has 1 atom stereocenters. The summed E-state index contributed by atoms with van der Waals surface area (Å²) in [7, 11) is 0. The smallest absolute Gasteiger partial charge is 0.223 e. The Morgan fingerprint density at radius 3 is 3.19 bits per heavy atom. The van der Waals surface area contributed by atoms with Gasteiger partial charge in [-0.25, -0.2) is 0 Å². The lowest BCUT2D eigenvalue weighted by Gasteiger charge is -2.23. The molecule has 1 aromatic rings. The number of carbonyl (C=O) groups excluding carboxylic acids is 1. The Kier molecular flexibility index (Phi) is 3.65. The Morgan fingerprint density at radius 2 is 2.50 bits per heavy atom. The van der Waals surface area contributed by atoms with Crippen molar-refractivity contribution < 1.29 is 9.21 Å². The fourth-order valence-electron chi connectivity index (χ4n) is 2.42. The van der Waals surface area contributed by atoms with Crippen molar-refractivity contribution in [1.29, 1.82) is 0 Å². The molecule has 3 heteroatoms. The Balaban J connectivity index is 1.83. The van der Waals surface area contributed by atoms with Gasteiger partial charge in [0.2, 0.25) is 5.91 Å². The molecule has 1 amide bonds. The Labute approximate surface area is 96.4 Å². The topological polar surface area (TPSA) is 33.5 Å². The molecule has 2 heterocycles. The van der Waals surface area contributed by atoms with Gasteiger partial charge >= 0.3 is 0 Å². The number of likely N-dealkylation sites (tertiary alicyclic amines) is 1. The lowest BCUT2D eigenvalue weighted by atomic mass is 10.1. The highest BCUT2D eigenvalue weighted by Crippen LogP contribution is 2.21. The standard InChI is InChI=1S/C13H19NO2/c1-2-11-5-3-9-14(11)13(15)8-7-12-6-4-10-16-12/h4,6,10-11H,2-3,5,7-9H2,1H3. The molecule has 1 aliphatic rings. The van der Waals surface area contributed by atoms with Crippen LogP contribution in [0.3, 0.4) is 0 Å². The van der Waals surface area contributed by atoms with Crippen LogP contribution in [-0.4, -0.2) is 23.4 Å². The van der Waals surface area contributed by atoms with E-state index in [-0.39, 0.29) is 5.91 Å². The summed E-state index contributed by atoms with van der Waals surface area (Å²) in [4.78, 5) is 14.0. The minimum Gasteiger partial charge on any atom is -0.469 e. The number of hydrogen-bond acceptors (Lipinski definition) is 2. The molecule has 3 nitrogen and oxygen atoms in total. The van der Waals surface area contributed by atoms with E-state index < -0.39 is 0 Å². The van der Waals surface area contributed by atoms with E-state index in [4.69, 9.17) is 4.42 Å². The third-order valence-electron chi connectivity index (χ3n) is 3.33. The molecule has 88 valence electrons. The monoisotopic (exact) mass is 221 g/mol. The van der Waals surface area contributed by atoms with E-state index >= 15 is 0 Å². The van der Waals surface area contributed by atoms with E-state index in [1.165, 1.54) is 6.42 Å². The van der Waals surface area contributed by atoms with Gasteiger partial charge in [-0.05, 0) is 31.4 Å². The number of rotatable bonds is 4. The molecule has 0 spiro atoms. The Bertz CT molecular complexity index is 332. The zero-order valence-corrected chi connectivity index (χ0v) is 9.82. The van der Waals surface area contributed by atoms with Gasteiger partial charge in [0.05, 0.1) is 6.26 Å². The molecule has 0 radical (unpaired) electrons. The van der Waals surface area contributed by atoms with Crippen LogP contribution in [-0.2, 0) is 11.2 Å². The third-order valence-corrected chi connectivity index (χ3v) is 3.33. The average molecular weight is 221 g/mol. The minimum absolute atomic E-state index is 0.278. The number of nitrogens with zero attached hydrogens (tertiary/aromatic N) is 1. The van der Waals surface area contributed by atoms with Crippen LogP contribution in [0.1, 0.15) is 38.4 Å². The maximum atomic E-state index is 12.0. The number of hydrogen-bond donors (Lipinski definition) is 0. The zero-order chi connectivity index (χ0) is 11.4. The molecule has 0 saturated carbocycles. The fourth-order valence-corrected chi connectivity index (χ4v) is 2.42. The molecular formula is C13H19NO2. The fraction of sp³-hybridized carbons (Fsp3) is 0.615. The van der Waals surface area contributed by atoms with Crippen LogP contribution in [0.4, 0.5) is 0 Å². The zero-order valence-electron chi connectivity index (χ0n) is 9.82. The van der Waals surface area contributed by atoms with Gasteiger partial charge in [-0.15, -0.1) is 0 Å². The van der Waals surface area contributed by atoms with Crippen LogP contribution < -0.4 is 0 Å². The first-order valence-electron chi connectivity index (χ1n) is 6.13. The SMILES string of the molecule is CCC1CCCN1C(=O)CCc1ccco1. The third kappa shape index (κ3) is 2.46. The average Bonchev–Trinajstić information content (AvgIpc) is 2.96. The molecule has 0 aromatic carbocycles. The van der Waals surface area contributed by atoms with Gasteiger partial charge in [0.25, 0.3) is 0 Å². The molecule has 1 unspecified atom stereocenters. The van der Waals surface area contributed by atoms with Crippen molar-refractivity contribution in [3.8, 4) is 0 Å². The molecule has 1 aliphatic heterocycles. The number of amides is 1. The lowest BCUT2D eigenvalue weighted by molar-refractivity contribution is -0.132. The highest BCUT2D eigenvalue weighted by Gasteiger charge is 2.26. The molecule has 0 aliphatic carbocycles. The van der Waals surface area contributed by atoms with Gasteiger partial charge in [-0.3, -0.25) is 4.79 Å². The van der Waals surface area contributed by atoms with Gasteiger partial charge in [-0.1, -0.05) is 6.92 Å². The van der Waals surface area contributed by atoms with Crippen LogP contribution in [0, 0.1) is 0 Å². The first-order valence-corrected chi connectivity index (χ1v) is 6.13. The van der Waals surface area contributed by atoms with E-state index in [9.17, 15) is 4.79 Å². The number of furan rings is 1. The molecule has 0 N–H and O–H groups in total. The van der Waals surface area contributed by atoms with Crippen LogP contribution in [0.5, 0.6) is 0 Å². The van der Waals surface area contributed by atoms with E-state index in [1.54, 1.807) is 6.26 Å². The van der Waals surface area contributed by atoms with Crippen LogP contribution >= 0.6 is 0 Å². The summed E-state index contributed by atoms with van der Waals surface area (Å²) in [5.41, 5.74) is 0. The summed E-state index contributed by atoms with van der Waals surface area (Å²) in [6.07, 6.45) is 6.35. The van der Waals surface area contributed by atoms with Crippen molar-refractivity contribution >= 4 is 5.91 Å². The van der Waals surface area contributed by atoms with Crippen molar-refractivity contribution in [3.63, 3.8) is 0 Å². The second-order valence-corrected chi connectivity index (χ2v) is 4.37. The summed E-state index contributed by atoms with van der Waals surface area (Å²) in [6, 6.07) is 4.27. The molecule has 0 bridgehead atoms. The van der Waals surface area contributed by atoms with Crippen molar-refractivity contribution in [1.82, 2.24) is 4.90 Å². The molecule has 2 rings (SSSR count). The van der Waals surface area contributed by atoms with Crippen molar-refractivity contribution in [2.45, 2.75) is 45.1 Å². The molecular weight excluding hydrogens is 202 g/mol. The van der Waals surface area contributed by atoms with Gasteiger partial charge in [0, 0.05) is 25.4 Å². The Morgan fingerprint density at radius 1 is 1.62 bits per heavy atom. The largest absolute Gasteiger partial charge is 0.469 e. The predicted molar refractivity (Wildman–Crippen MR) is 62.1 cm³/mol.